The van der Waals surface area contributed by atoms with Crippen LogP contribution in [-0.2, 0) is 9.53 Å². The van der Waals surface area contributed by atoms with Gasteiger partial charge in [-0.2, -0.15) is 5.26 Å². The molecule has 1 saturated carbocycles. The topological polar surface area (TPSA) is 112 Å². The van der Waals surface area contributed by atoms with Crippen LogP contribution in [0.3, 0.4) is 0 Å². The van der Waals surface area contributed by atoms with Crippen LogP contribution in [0.1, 0.15) is 32.6 Å². The van der Waals surface area contributed by atoms with Crippen molar-refractivity contribution in [2.75, 3.05) is 12.9 Å². The normalized spacial score (nSPS) is 31.4. The molecule has 2 fully saturated rings. The Hall–Kier alpha value is -0.760. The van der Waals surface area contributed by atoms with Gasteiger partial charge in [-0.05, 0) is 32.6 Å². The van der Waals surface area contributed by atoms with E-state index in [-0.39, 0.29) is 33.0 Å². The lowest BCUT2D eigenvalue weighted by Crippen LogP contribution is -2.47. The van der Waals surface area contributed by atoms with Crippen molar-refractivity contribution >= 4 is 29.3 Å². The van der Waals surface area contributed by atoms with E-state index in [1.165, 1.54) is 18.2 Å². The van der Waals surface area contributed by atoms with Crippen LogP contribution in [-0.4, -0.2) is 41.0 Å². The monoisotopic (exact) mass is 371 g/mol. The highest BCUT2D eigenvalue weighted by Gasteiger charge is 2.29. The Balaban J connectivity index is 1.72. The van der Waals surface area contributed by atoms with Crippen molar-refractivity contribution in [1.82, 2.24) is 16.2 Å². The van der Waals surface area contributed by atoms with Crippen LogP contribution < -0.4 is 21.9 Å². The summed E-state index contributed by atoms with van der Waals surface area (Å²) in [6.07, 6.45) is 4.83. The maximum absolute atomic E-state index is 12.0. The van der Waals surface area contributed by atoms with Gasteiger partial charge in [-0.15, -0.1) is 11.8 Å². The van der Waals surface area contributed by atoms with E-state index >= 15 is 0 Å². The molecule has 2 rings (SSSR count). The lowest BCUT2D eigenvalue weighted by Gasteiger charge is -2.30. The second-order valence-electron chi connectivity index (χ2n) is 5.93. The van der Waals surface area contributed by atoms with Crippen LogP contribution in [0.4, 0.5) is 0 Å². The molecule has 0 bridgehead atoms. The summed E-state index contributed by atoms with van der Waals surface area (Å²) in [6.45, 7) is 1.57. The number of nitrogens with one attached hydrogen (secondary N) is 3. The number of ether oxygens (including phenoxy) is 1. The lowest BCUT2D eigenvalue weighted by molar-refractivity contribution is -0.112. The van der Waals surface area contributed by atoms with Crippen LogP contribution >= 0.6 is 23.5 Å². The van der Waals surface area contributed by atoms with Gasteiger partial charge in [-0.25, -0.2) is 10.9 Å². The lowest BCUT2D eigenvalue weighted by atomic mass is 9.93. The number of Topliss-reactive ketones (excluding diaryl/α,β-unsaturated/α-hetero) is 1. The third-order valence-corrected chi connectivity index (χ3v) is 6.57. The molecule has 5 N–H and O–H groups in total. The van der Waals surface area contributed by atoms with E-state index in [0.29, 0.717) is 12.1 Å². The predicted octanol–water partition coefficient (Wildman–Crippen LogP) is 1.00. The zero-order valence-electron chi connectivity index (χ0n) is 14.0. The van der Waals surface area contributed by atoms with E-state index in [0.717, 1.165) is 19.3 Å². The fourth-order valence-corrected chi connectivity index (χ4v) is 5.06. The number of nitriles is 1. The second-order valence-corrected chi connectivity index (χ2v) is 8.54. The number of rotatable bonds is 7. The molecular formula is C15H25N5O2S2. The van der Waals surface area contributed by atoms with E-state index in [9.17, 15) is 4.79 Å². The van der Waals surface area contributed by atoms with Gasteiger partial charge in [0.2, 0.25) is 0 Å². The largest absolute Gasteiger partial charge is 0.401 e. The molecule has 1 saturated heterocycles. The molecule has 4 unspecified atom stereocenters. The molecule has 134 valence electrons. The van der Waals surface area contributed by atoms with Gasteiger partial charge < -0.3 is 10.5 Å². The Morgan fingerprint density at radius 3 is 2.96 bits per heavy atom. The van der Waals surface area contributed by atoms with E-state index in [4.69, 9.17) is 15.7 Å². The first-order valence-electron chi connectivity index (χ1n) is 8.00. The van der Waals surface area contributed by atoms with Crippen LogP contribution in [0.2, 0.25) is 0 Å². The van der Waals surface area contributed by atoms with Gasteiger partial charge in [0.25, 0.3) is 0 Å². The quantitative estimate of drug-likeness (QED) is 0.384. The minimum atomic E-state index is -0.225. The first-order chi connectivity index (χ1) is 11.5. The fourth-order valence-electron chi connectivity index (χ4n) is 2.82. The summed E-state index contributed by atoms with van der Waals surface area (Å²) in [5, 5.41) is 12.5. The van der Waals surface area contributed by atoms with Gasteiger partial charge in [0.15, 0.2) is 5.78 Å². The van der Waals surface area contributed by atoms with Crippen molar-refractivity contribution in [2.24, 2.45) is 5.73 Å². The Kier molecular flexibility index (Phi) is 7.87. The summed E-state index contributed by atoms with van der Waals surface area (Å²) >= 11 is 3.15. The Bertz CT molecular complexity index is 518. The van der Waals surface area contributed by atoms with E-state index in [2.05, 4.69) is 16.2 Å². The zero-order valence-corrected chi connectivity index (χ0v) is 15.6. The Labute approximate surface area is 151 Å². The molecule has 2 aliphatic rings. The standard InChI is InChI=1S/C15H25N5O2S2/c1-9(17)12(7-16)13(21)8-23-15-20-19-14(24-15)18-10-4-3-5-11(6-10)22-2/h10-11,14-15,18-20H,3-6,8,17H2,1-2H3/b12-9+. The molecule has 7 nitrogen and oxygen atoms in total. The molecule has 1 aliphatic carbocycles. The number of hydrogen-bond donors (Lipinski definition) is 4. The van der Waals surface area contributed by atoms with Gasteiger partial charge in [-0.3, -0.25) is 10.1 Å². The van der Waals surface area contributed by atoms with Crippen molar-refractivity contribution in [3.8, 4) is 6.07 Å². The van der Waals surface area contributed by atoms with Crippen LogP contribution in [0.25, 0.3) is 0 Å². The maximum atomic E-state index is 12.0. The Morgan fingerprint density at radius 1 is 1.50 bits per heavy atom. The number of ketones is 1. The first kappa shape index (κ1) is 19.6. The van der Waals surface area contributed by atoms with Gasteiger partial charge in [0.1, 0.15) is 21.8 Å². The number of allylic oxidation sites excluding steroid dienone is 2. The number of nitrogens with two attached hydrogens (primary N) is 1. The number of methoxy groups -OCH3 is 1. The third kappa shape index (κ3) is 5.65. The van der Waals surface area contributed by atoms with Crippen LogP contribution in [0.15, 0.2) is 11.3 Å². The summed E-state index contributed by atoms with van der Waals surface area (Å²) in [4.78, 5) is 12.0. The highest BCUT2D eigenvalue weighted by atomic mass is 32.2. The summed E-state index contributed by atoms with van der Waals surface area (Å²) in [5.41, 5.74) is 12.4. The molecule has 0 radical (unpaired) electrons. The summed E-state index contributed by atoms with van der Waals surface area (Å²) in [5.74, 6) is 0.00242. The van der Waals surface area contributed by atoms with E-state index < -0.39 is 0 Å². The minimum Gasteiger partial charge on any atom is -0.401 e. The van der Waals surface area contributed by atoms with Gasteiger partial charge >= 0.3 is 0 Å². The fraction of sp³-hybridized carbons (Fsp3) is 0.733. The third-order valence-electron chi connectivity index (χ3n) is 4.09. The maximum Gasteiger partial charge on any atom is 0.185 e. The number of carbonyl (C=O) groups excluding carboxylic acids is 1. The number of hydrazine groups is 1. The number of nitrogens with zero attached hydrogens (tertiary/aromatic N) is 1. The van der Waals surface area contributed by atoms with Gasteiger partial charge in [0, 0.05) is 18.8 Å². The van der Waals surface area contributed by atoms with Crippen molar-refractivity contribution in [1.29, 1.82) is 5.26 Å². The molecule has 1 aliphatic heterocycles. The number of thioether (sulfide) groups is 2. The summed E-state index contributed by atoms with van der Waals surface area (Å²) < 4.78 is 5.51. The van der Waals surface area contributed by atoms with Crippen molar-refractivity contribution in [3.63, 3.8) is 0 Å². The second kappa shape index (κ2) is 9.65. The summed E-state index contributed by atoms with van der Waals surface area (Å²) in [7, 11) is 1.77. The Morgan fingerprint density at radius 2 is 2.29 bits per heavy atom. The minimum absolute atomic E-state index is 0.0475. The average Bonchev–Trinajstić information content (AvgIpc) is 3.01. The van der Waals surface area contributed by atoms with Gasteiger partial charge in [-0.1, -0.05) is 11.8 Å². The summed E-state index contributed by atoms with van der Waals surface area (Å²) in [6, 6.07) is 2.31. The zero-order chi connectivity index (χ0) is 17.5. The SMILES string of the molecule is COC1CCCC(NC2NNC(SCC(=O)/C(C#N)=C(\C)N)S2)C1. The average molecular weight is 372 g/mol. The van der Waals surface area contributed by atoms with Crippen molar-refractivity contribution in [2.45, 2.75) is 55.0 Å². The molecule has 0 aromatic heterocycles. The molecule has 4 atom stereocenters. The highest BCUT2D eigenvalue weighted by Crippen LogP contribution is 2.29. The van der Waals surface area contributed by atoms with Gasteiger partial charge in [0.05, 0.1) is 11.9 Å². The molecule has 0 aromatic rings. The molecule has 1 heterocycles. The molecule has 0 spiro atoms. The van der Waals surface area contributed by atoms with E-state index in [1.807, 2.05) is 6.07 Å². The smallest absolute Gasteiger partial charge is 0.185 e. The highest BCUT2D eigenvalue weighted by molar-refractivity contribution is 8.17. The van der Waals surface area contributed by atoms with Crippen LogP contribution in [0.5, 0.6) is 0 Å². The molecule has 9 heteroatoms. The first-order valence-corrected chi connectivity index (χ1v) is 9.99. The number of hydrogen-bond acceptors (Lipinski definition) is 9. The number of carbonyl (C=O) groups is 1. The molecular weight excluding hydrogens is 346 g/mol. The predicted molar refractivity (Wildman–Crippen MR) is 97.6 cm³/mol. The van der Waals surface area contributed by atoms with Crippen molar-refractivity contribution in [3.05, 3.63) is 11.3 Å². The van der Waals surface area contributed by atoms with Crippen molar-refractivity contribution < 1.29 is 9.53 Å². The molecule has 24 heavy (non-hydrogen) atoms. The molecule has 0 amide bonds. The van der Waals surface area contributed by atoms with E-state index in [1.54, 1.807) is 25.8 Å². The molecule has 0 aromatic carbocycles. The van der Waals surface area contributed by atoms with Crippen LogP contribution in [0, 0.1) is 11.3 Å².